The van der Waals surface area contributed by atoms with Gasteiger partial charge in [0.1, 0.15) is 6.10 Å². The van der Waals surface area contributed by atoms with Gasteiger partial charge < -0.3 is 15.2 Å². The maximum absolute atomic E-state index is 10.9. The number of fused-ring (bicyclic) bond motifs is 3. The second kappa shape index (κ2) is 7.38. The van der Waals surface area contributed by atoms with Gasteiger partial charge in [0.15, 0.2) is 0 Å². The van der Waals surface area contributed by atoms with Crippen LogP contribution < -0.4 is 5.32 Å². The fourth-order valence-corrected chi connectivity index (χ4v) is 4.94. The maximum atomic E-state index is 10.9. The molecule has 0 radical (unpaired) electrons. The van der Waals surface area contributed by atoms with E-state index < -0.39 is 0 Å². The highest BCUT2D eigenvalue weighted by Gasteiger charge is 2.39. The third-order valence-corrected chi connectivity index (χ3v) is 5.96. The van der Waals surface area contributed by atoms with Crippen molar-refractivity contribution in [2.75, 3.05) is 5.32 Å². The van der Waals surface area contributed by atoms with Gasteiger partial charge in [0.25, 0.3) is 0 Å². The third kappa shape index (κ3) is 3.49. The van der Waals surface area contributed by atoms with E-state index in [9.17, 15) is 5.11 Å². The first kappa shape index (κ1) is 19.8. The van der Waals surface area contributed by atoms with Gasteiger partial charge in [-0.2, -0.15) is 0 Å². The molecule has 3 heteroatoms. The molecule has 2 heterocycles. The molecule has 0 bridgehead atoms. The van der Waals surface area contributed by atoms with Gasteiger partial charge in [0.05, 0.1) is 23.3 Å². The summed E-state index contributed by atoms with van der Waals surface area (Å²) in [7, 11) is 0. The van der Waals surface area contributed by atoms with Gasteiger partial charge in [-0.25, -0.2) is 0 Å². The Morgan fingerprint density at radius 3 is 2.59 bits per heavy atom. The smallest absolute Gasteiger partial charge is 0.109 e. The van der Waals surface area contributed by atoms with E-state index in [1.165, 1.54) is 16.7 Å². The number of anilines is 1. The highest BCUT2D eigenvalue weighted by Crippen LogP contribution is 2.49. The molecule has 0 fully saturated rings. The van der Waals surface area contributed by atoms with Crippen LogP contribution in [0.2, 0.25) is 0 Å². The van der Waals surface area contributed by atoms with Crippen LogP contribution in [0.15, 0.2) is 60.4 Å². The molecular weight excluding hydrogens is 358 g/mol. The average Bonchev–Trinajstić information content (AvgIpc) is 2.66. The van der Waals surface area contributed by atoms with Crippen molar-refractivity contribution in [1.29, 1.82) is 0 Å². The molecule has 0 spiro atoms. The van der Waals surface area contributed by atoms with E-state index in [1.54, 1.807) is 0 Å². The van der Waals surface area contributed by atoms with Crippen LogP contribution in [0.5, 0.6) is 0 Å². The Balaban J connectivity index is 1.98. The van der Waals surface area contributed by atoms with Crippen molar-refractivity contribution in [2.24, 2.45) is 0 Å². The lowest BCUT2D eigenvalue weighted by molar-refractivity contribution is -0.0113. The van der Waals surface area contributed by atoms with Crippen LogP contribution in [-0.2, 0) is 4.74 Å². The average molecular weight is 390 g/mol. The summed E-state index contributed by atoms with van der Waals surface area (Å²) in [5.74, 6) is 0.247. The molecule has 3 nitrogen and oxygen atoms in total. The SMILES string of the molecule is CC/C=C(/O)C1c2ccc3c(c2C(c2ccccc2)OC1C)C(C)=CC(C)(C)N3. The molecule has 3 unspecified atom stereocenters. The molecule has 2 N–H and O–H groups in total. The lowest BCUT2D eigenvalue weighted by atomic mass is 9.76. The Kier molecular flexibility index (Phi) is 5.04. The van der Waals surface area contributed by atoms with Gasteiger partial charge in [0.2, 0.25) is 0 Å². The van der Waals surface area contributed by atoms with Gasteiger partial charge in [-0.1, -0.05) is 49.4 Å². The van der Waals surface area contributed by atoms with Crippen LogP contribution in [0, 0.1) is 0 Å². The summed E-state index contributed by atoms with van der Waals surface area (Å²) in [5, 5.41) is 14.5. The molecule has 2 aromatic carbocycles. The van der Waals surface area contributed by atoms with Gasteiger partial charge in [-0.15, -0.1) is 0 Å². The molecule has 0 saturated heterocycles. The monoisotopic (exact) mass is 389 g/mol. The second-order valence-electron chi connectivity index (χ2n) is 8.81. The summed E-state index contributed by atoms with van der Waals surface area (Å²) in [6.07, 6.45) is 4.71. The Labute approximate surface area is 174 Å². The zero-order chi connectivity index (χ0) is 20.8. The number of aliphatic hydroxyl groups is 1. The Morgan fingerprint density at radius 1 is 1.17 bits per heavy atom. The fraction of sp³-hybridized carbons (Fsp3) is 0.385. The standard InChI is InChI=1S/C26H31NO2/c1-6-10-21(28)23-17(3)29-25(18-11-8-7-9-12-18)24-19(23)13-14-20-22(24)16(2)15-26(4,5)27-20/h7-15,17,23,25,27-28H,6H2,1-5H3/b21-10+. The zero-order valence-corrected chi connectivity index (χ0v) is 18.0. The van der Waals surface area contributed by atoms with Crippen molar-refractivity contribution >= 4 is 11.3 Å². The topological polar surface area (TPSA) is 41.5 Å². The molecule has 0 aliphatic carbocycles. The third-order valence-electron chi connectivity index (χ3n) is 5.96. The van der Waals surface area contributed by atoms with Gasteiger partial charge in [0, 0.05) is 11.3 Å². The Morgan fingerprint density at radius 2 is 1.90 bits per heavy atom. The largest absolute Gasteiger partial charge is 0.512 e. The Bertz CT molecular complexity index is 972. The number of aliphatic hydroxyl groups excluding tert-OH is 1. The lowest BCUT2D eigenvalue weighted by Gasteiger charge is -2.41. The minimum absolute atomic E-state index is 0.0972. The first-order chi connectivity index (χ1) is 13.8. The first-order valence-corrected chi connectivity index (χ1v) is 10.6. The molecule has 2 aliphatic rings. The quantitative estimate of drug-likeness (QED) is 0.571. The summed E-state index contributed by atoms with van der Waals surface area (Å²) >= 11 is 0. The second-order valence-corrected chi connectivity index (χ2v) is 8.81. The van der Waals surface area contributed by atoms with Gasteiger partial charge >= 0.3 is 0 Å². The summed E-state index contributed by atoms with van der Waals surface area (Å²) in [5.41, 5.74) is 6.96. The molecule has 152 valence electrons. The zero-order valence-electron chi connectivity index (χ0n) is 18.0. The summed E-state index contributed by atoms with van der Waals surface area (Å²) < 4.78 is 6.59. The predicted molar refractivity (Wildman–Crippen MR) is 120 cm³/mol. The van der Waals surface area contributed by atoms with Crippen LogP contribution >= 0.6 is 0 Å². The maximum Gasteiger partial charge on any atom is 0.109 e. The minimum atomic E-state index is -0.159. The minimum Gasteiger partial charge on any atom is -0.512 e. The highest BCUT2D eigenvalue weighted by atomic mass is 16.5. The first-order valence-electron chi connectivity index (χ1n) is 10.6. The molecule has 0 aromatic heterocycles. The van der Waals surface area contributed by atoms with Crippen LogP contribution in [0.4, 0.5) is 5.69 Å². The van der Waals surface area contributed by atoms with E-state index in [1.807, 2.05) is 19.1 Å². The predicted octanol–water partition coefficient (Wildman–Crippen LogP) is 6.74. The molecule has 2 aliphatic heterocycles. The molecule has 0 saturated carbocycles. The molecule has 29 heavy (non-hydrogen) atoms. The number of benzene rings is 2. The summed E-state index contributed by atoms with van der Waals surface area (Å²) in [4.78, 5) is 0. The number of ether oxygens (including phenoxy) is 1. The molecule has 4 rings (SSSR count). The number of allylic oxidation sites excluding steroid dienone is 2. The summed E-state index contributed by atoms with van der Waals surface area (Å²) in [6, 6.07) is 14.7. The van der Waals surface area contributed by atoms with E-state index in [2.05, 4.69) is 75.5 Å². The van der Waals surface area contributed by atoms with Crippen molar-refractivity contribution in [3.8, 4) is 0 Å². The van der Waals surface area contributed by atoms with Crippen molar-refractivity contribution in [3.63, 3.8) is 0 Å². The number of nitrogens with one attached hydrogen (secondary N) is 1. The van der Waals surface area contributed by atoms with E-state index in [0.29, 0.717) is 5.76 Å². The number of hydrogen-bond donors (Lipinski definition) is 2. The fourth-order valence-electron chi connectivity index (χ4n) is 4.94. The number of hydrogen-bond acceptors (Lipinski definition) is 3. The molecular formula is C26H31NO2. The molecule has 0 amide bonds. The van der Waals surface area contributed by atoms with Crippen LogP contribution in [0.25, 0.3) is 5.57 Å². The van der Waals surface area contributed by atoms with E-state index in [0.717, 1.165) is 23.2 Å². The lowest BCUT2D eigenvalue weighted by Crippen LogP contribution is -2.35. The summed E-state index contributed by atoms with van der Waals surface area (Å²) in [6.45, 7) is 10.7. The molecule has 2 aromatic rings. The van der Waals surface area contributed by atoms with Crippen molar-refractivity contribution < 1.29 is 9.84 Å². The Hall–Kier alpha value is -2.52. The van der Waals surface area contributed by atoms with Crippen LogP contribution in [0.1, 0.15) is 75.3 Å². The number of rotatable bonds is 3. The van der Waals surface area contributed by atoms with Crippen molar-refractivity contribution in [3.05, 3.63) is 82.6 Å². The normalized spacial score (nSPS) is 25.5. The van der Waals surface area contributed by atoms with Crippen molar-refractivity contribution in [1.82, 2.24) is 0 Å². The van der Waals surface area contributed by atoms with Crippen LogP contribution in [0.3, 0.4) is 0 Å². The van der Waals surface area contributed by atoms with Gasteiger partial charge in [-0.05, 0) is 68.5 Å². The van der Waals surface area contributed by atoms with E-state index >= 15 is 0 Å². The van der Waals surface area contributed by atoms with Crippen molar-refractivity contribution in [2.45, 2.75) is 64.7 Å². The van der Waals surface area contributed by atoms with E-state index in [4.69, 9.17) is 4.74 Å². The van der Waals surface area contributed by atoms with Crippen LogP contribution in [-0.4, -0.2) is 16.7 Å². The van der Waals surface area contributed by atoms with E-state index in [-0.39, 0.29) is 23.7 Å². The van der Waals surface area contributed by atoms with Gasteiger partial charge in [-0.3, -0.25) is 0 Å². The highest BCUT2D eigenvalue weighted by molar-refractivity contribution is 5.84. The molecule has 3 atom stereocenters.